The van der Waals surface area contributed by atoms with Crippen LogP contribution in [0, 0.1) is 0 Å². The molecule has 2 bridgehead atoms. The minimum Gasteiger partial charge on any atom is -0.315 e. The summed E-state index contributed by atoms with van der Waals surface area (Å²) in [5.74, 6) is 0. The van der Waals surface area contributed by atoms with Crippen LogP contribution in [0.1, 0.15) is 24.1 Å². The molecule has 0 aliphatic carbocycles. The van der Waals surface area contributed by atoms with Crippen LogP contribution in [0.5, 0.6) is 0 Å². The first-order valence-electron chi connectivity index (χ1n) is 6.03. The van der Waals surface area contributed by atoms with Crippen molar-refractivity contribution in [3.63, 3.8) is 0 Å². The third-order valence-electron chi connectivity index (χ3n) is 3.82. The van der Waals surface area contributed by atoms with Gasteiger partial charge in [0.05, 0.1) is 5.02 Å². The summed E-state index contributed by atoms with van der Waals surface area (Å²) in [6, 6.07) is 3.52. The SMILES string of the molecule is Cl.Clc1ccsc1CN1C2CCNCC1CC2. The van der Waals surface area contributed by atoms with Gasteiger partial charge in [0.1, 0.15) is 0 Å². The van der Waals surface area contributed by atoms with Crippen molar-refractivity contribution in [1.29, 1.82) is 0 Å². The minimum absolute atomic E-state index is 0. The van der Waals surface area contributed by atoms with Gasteiger partial charge in [-0.05, 0) is 37.3 Å². The average molecular weight is 293 g/mol. The lowest BCUT2D eigenvalue weighted by Gasteiger charge is -2.27. The molecule has 2 aliphatic rings. The average Bonchev–Trinajstić information content (AvgIpc) is 2.73. The highest BCUT2D eigenvalue weighted by Crippen LogP contribution is 2.32. The van der Waals surface area contributed by atoms with Crippen molar-refractivity contribution in [3.05, 3.63) is 21.3 Å². The Bertz CT molecular complexity index is 355. The molecule has 2 fully saturated rings. The fourth-order valence-corrected chi connectivity index (χ4v) is 4.05. The van der Waals surface area contributed by atoms with Crippen LogP contribution in [0.3, 0.4) is 0 Å². The van der Waals surface area contributed by atoms with Gasteiger partial charge in [-0.1, -0.05) is 11.6 Å². The van der Waals surface area contributed by atoms with E-state index in [4.69, 9.17) is 11.6 Å². The van der Waals surface area contributed by atoms with E-state index in [1.165, 1.54) is 30.7 Å². The Morgan fingerprint density at radius 2 is 2.18 bits per heavy atom. The number of hydrogen-bond donors (Lipinski definition) is 1. The van der Waals surface area contributed by atoms with Crippen LogP contribution < -0.4 is 5.32 Å². The molecule has 2 aliphatic heterocycles. The molecule has 2 nitrogen and oxygen atoms in total. The lowest BCUT2D eigenvalue weighted by atomic mass is 10.1. The van der Waals surface area contributed by atoms with Gasteiger partial charge < -0.3 is 5.32 Å². The topological polar surface area (TPSA) is 15.3 Å². The summed E-state index contributed by atoms with van der Waals surface area (Å²) in [6.07, 6.45) is 4.01. The molecule has 96 valence electrons. The van der Waals surface area contributed by atoms with E-state index in [2.05, 4.69) is 15.6 Å². The molecule has 5 heteroatoms. The molecule has 1 N–H and O–H groups in total. The van der Waals surface area contributed by atoms with Crippen molar-refractivity contribution >= 4 is 35.3 Å². The van der Waals surface area contributed by atoms with Crippen molar-refractivity contribution in [2.75, 3.05) is 13.1 Å². The molecular formula is C12H18Cl2N2S. The molecule has 2 unspecified atom stereocenters. The number of hydrogen-bond acceptors (Lipinski definition) is 3. The second kappa shape index (κ2) is 5.89. The van der Waals surface area contributed by atoms with Crippen LogP contribution in [0.2, 0.25) is 5.02 Å². The molecule has 2 saturated heterocycles. The molecule has 3 rings (SSSR count). The number of thiophene rings is 1. The van der Waals surface area contributed by atoms with E-state index >= 15 is 0 Å². The number of nitrogens with zero attached hydrogens (tertiary/aromatic N) is 1. The van der Waals surface area contributed by atoms with Gasteiger partial charge in [0.15, 0.2) is 0 Å². The molecule has 2 atom stereocenters. The van der Waals surface area contributed by atoms with Crippen LogP contribution >= 0.6 is 35.3 Å². The maximum Gasteiger partial charge on any atom is 0.0558 e. The highest BCUT2D eigenvalue weighted by Gasteiger charge is 2.34. The van der Waals surface area contributed by atoms with Crippen molar-refractivity contribution in [2.24, 2.45) is 0 Å². The third-order valence-corrected chi connectivity index (χ3v) is 5.19. The van der Waals surface area contributed by atoms with E-state index in [-0.39, 0.29) is 12.4 Å². The third kappa shape index (κ3) is 2.79. The second-order valence-electron chi connectivity index (χ2n) is 4.74. The lowest BCUT2D eigenvalue weighted by Crippen LogP contribution is -2.37. The lowest BCUT2D eigenvalue weighted by molar-refractivity contribution is 0.195. The van der Waals surface area contributed by atoms with Gasteiger partial charge in [-0.2, -0.15) is 0 Å². The Hall–Kier alpha value is 0.200. The fraction of sp³-hybridized carbons (Fsp3) is 0.667. The highest BCUT2D eigenvalue weighted by atomic mass is 35.5. The Morgan fingerprint density at radius 3 is 2.94 bits per heavy atom. The fourth-order valence-electron chi connectivity index (χ4n) is 2.94. The van der Waals surface area contributed by atoms with Crippen molar-refractivity contribution in [2.45, 2.75) is 37.9 Å². The van der Waals surface area contributed by atoms with E-state index in [1.807, 2.05) is 6.07 Å². The first-order chi connectivity index (χ1) is 7.84. The summed E-state index contributed by atoms with van der Waals surface area (Å²) in [5, 5.41) is 6.57. The Labute approximate surface area is 118 Å². The molecule has 0 radical (unpaired) electrons. The van der Waals surface area contributed by atoms with Crippen LogP contribution in [0.4, 0.5) is 0 Å². The van der Waals surface area contributed by atoms with Gasteiger partial charge in [-0.3, -0.25) is 4.90 Å². The molecule has 1 aromatic rings. The molecular weight excluding hydrogens is 275 g/mol. The van der Waals surface area contributed by atoms with Gasteiger partial charge in [0, 0.05) is 30.1 Å². The van der Waals surface area contributed by atoms with Crippen LogP contribution in [-0.4, -0.2) is 30.1 Å². The van der Waals surface area contributed by atoms with Crippen LogP contribution in [0.15, 0.2) is 11.4 Å². The van der Waals surface area contributed by atoms with Crippen molar-refractivity contribution in [1.82, 2.24) is 10.2 Å². The van der Waals surface area contributed by atoms with Gasteiger partial charge in [-0.15, -0.1) is 23.7 Å². The smallest absolute Gasteiger partial charge is 0.0558 e. The maximum absolute atomic E-state index is 6.18. The normalized spacial score (nSPS) is 28.8. The van der Waals surface area contributed by atoms with Gasteiger partial charge >= 0.3 is 0 Å². The zero-order valence-electron chi connectivity index (χ0n) is 9.69. The molecule has 3 heterocycles. The van der Waals surface area contributed by atoms with Gasteiger partial charge in [0.2, 0.25) is 0 Å². The van der Waals surface area contributed by atoms with Gasteiger partial charge in [-0.25, -0.2) is 0 Å². The van der Waals surface area contributed by atoms with E-state index in [9.17, 15) is 0 Å². The van der Waals surface area contributed by atoms with E-state index in [0.717, 1.165) is 30.2 Å². The zero-order chi connectivity index (χ0) is 11.0. The number of nitrogens with one attached hydrogen (secondary N) is 1. The van der Waals surface area contributed by atoms with E-state index in [0.29, 0.717) is 0 Å². The van der Waals surface area contributed by atoms with Crippen molar-refractivity contribution in [3.8, 4) is 0 Å². The summed E-state index contributed by atoms with van der Waals surface area (Å²) < 4.78 is 0. The predicted octanol–water partition coefficient (Wildman–Crippen LogP) is 3.15. The number of fused-ring (bicyclic) bond motifs is 2. The Kier molecular flexibility index (Phi) is 4.72. The molecule has 0 amide bonds. The predicted molar refractivity (Wildman–Crippen MR) is 76.4 cm³/mol. The van der Waals surface area contributed by atoms with Crippen molar-refractivity contribution < 1.29 is 0 Å². The monoisotopic (exact) mass is 292 g/mol. The molecule has 1 aromatic heterocycles. The quantitative estimate of drug-likeness (QED) is 0.901. The first kappa shape index (κ1) is 13.6. The summed E-state index contributed by atoms with van der Waals surface area (Å²) in [5.41, 5.74) is 0. The molecule has 17 heavy (non-hydrogen) atoms. The maximum atomic E-state index is 6.18. The summed E-state index contributed by atoms with van der Waals surface area (Å²) in [7, 11) is 0. The number of halogens is 2. The van der Waals surface area contributed by atoms with E-state index in [1.54, 1.807) is 11.3 Å². The second-order valence-corrected chi connectivity index (χ2v) is 6.15. The van der Waals surface area contributed by atoms with Crippen LogP contribution in [0.25, 0.3) is 0 Å². The Morgan fingerprint density at radius 1 is 1.35 bits per heavy atom. The largest absolute Gasteiger partial charge is 0.315 e. The molecule has 0 spiro atoms. The molecule has 0 aromatic carbocycles. The molecule has 0 saturated carbocycles. The summed E-state index contributed by atoms with van der Waals surface area (Å²) in [6.45, 7) is 3.38. The zero-order valence-corrected chi connectivity index (χ0v) is 12.1. The van der Waals surface area contributed by atoms with E-state index < -0.39 is 0 Å². The van der Waals surface area contributed by atoms with Crippen LogP contribution in [-0.2, 0) is 6.54 Å². The summed E-state index contributed by atoms with van der Waals surface area (Å²) in [4.78, 5) is 4.00. The minimum atomic E-state index is 0. The first-order valence-corrected chi connectivity index (χ1v) is 7.28. The standard InChI is InChI=1S/C12H17ClN2S.ClH/c13-11-4-6-16-12(11)8-15-9-1-2-10(15)7-14-5-3-9;/h4,6,9-10,14H,1-3,5,7-8H2;1H. The highest BCUT2D eigenvalue weighted by molar-refractivity contribution is 7.10. The number of rotatable bonds is 2. The Balaban J connectivity index is 0.00000108. The van der Waals surface area contributed by atoms with Gasteiger partial charge in [0.25, 0.3) is 0 Å². The summed E-state index contributed by atoms with van der Waals surface area (Å²) >= 11 is 7.97.